The third-order valence-electron chi connectivity index (χ3n) is 6.48. The van der Waals surface area contributed by atoms with Crippen LogP contribution in [0.15, 0.2) is 33.5 Å². The van der Waals surface area contributed by atoms with Crippen molar-refractivity contribution in [2.75, 3.05) is 13.7 Å². The number of phenols is 4. The SMILES string of the molecule is COc1cc(O)c2c(=O)cc(-c3cc(O)c(O)c(O)c3CCCCCCCCCCCCO)oc2c1. The van der Waals surface area contributed by atoms with Crippen LogP contribution in [-0.4, -0.2) is 39.2 Å². The molecule has 0 aliphatic carbocycles. The predicted molar refractivity (Wildman–Crippen MR) is 138 cm³/mol. The zero-order valence-electron chi connectivity index (χ0n) is 20.8. The monoisotopic (exact) mass is 500 g/mol. The molecule has 8 nitrogen and oxygen atoms in total. The zero-order chi connectivity index (χ0) is 26.1. The molecule has 0 amide bonds. The van der Waals surface area contributed by atoms with Crippen LogP contribution in [-0.2, 0) is 6.42 Å². The van der Waals surface area contributed by atoms with E-state index in [0.717, 1.165) is 51.4 Å². The average molecular weight is 501 g/mol. The number of aromatic hydroxyl groups is 4. The van der Waals surface area contributed by atoms with Gasteiger partial charge in [0.25, 0.3) is 0 Å². The van der Waals surface area contributed by atoms with E-state index in [1.165, 1.54) is 44.2 Å². The third kappa shape index (κ3) is 6.63. The van der Waals surface area contributed by atoms with Gasteiger partial charge in [-0.1, -0.05) is 51.4 Å². The summed E-state index contributed by atoms with van der Waals surface area (Å²) >= 11 is 0. The summed E-state index contributed by atoms with van der Waals surface area (Å²) in [5.41, 5.74) is 0.292. The topological polar surface area (TPSA) is 141 Å². The van der Waals surface area contributed by atoms with Gasteiger partial charge in [-0.15, -0.1) is 0 Å². The van der Waals surface area contributed by atoms with Gasteiger partial charge < -0.3 is 34.7 Å². The summed E-state index contributed by atoms with van der Waals surface area (Å²) in [6.07, 6.45) is 10.9. The van der Waals surface area contributed by atoms with E-state index >= 15 is 0 Å². The number of methoxy groups -OCH3 is 1. The summed E-state index contributed by atoms with van der Waals surface area (Å²) in [5, 5.41) is 49.9. The molecule has 2 aromatic carbocycles. The highest BCUT2D eigenvalue weighted by Gasteiger charge is 2.21. The maximum atomic E-state index is 12.8. The summed E-state index contributed by atoms with van der Waals surface area (Å²) in [6, 6.07) is 5.27. The molecular weight excluding hydrogens is 464 g/mol. The van der Waals surface area contributed by atoms with E-state index in [0.29, 0.717) is 23.3 Å². The van der Waals surface area contributed by atoms with Crippen molar-refractivity contribution in [3.63, 3.8) is 0 Å². The van der Waals surface area contributed by atoms with Crippen molar-refractivity contribution in [1.82, 2.24) is 0 Å². The lowest BCUT2D eigenvalue weighted by atomic mass is 9.96. The highest BCUT2D eigenvalue weighted by atomic mass is 16.5. The summed E-state index contributed by atoms with van der Waals surface area (Å²) in [5.74, 6) is -1.45. The summed E-state index contributed by atoms with van der Waals surface area (Å²) < 4.78 is 11.0. The third-order valence-corrected chi connectivity index (χ3v) is 6.48. The number of aliphatic hydroxyl groups excluding tert-OH is 1. The minimum Gasteiger partial charge on any atom is -0.507 e. The molecule has 36 heavy (non-hydrogen) atoms. The molecule has 0 aliphatic heterocycles. The molecule has 0 saturated carbocycles. The van der Waals surface area contributed by atoms with Gasteiger partial charge in [-0.25, -0.2) is 0 Å². The fraction of sp³-hybridized carbons (Fsp3) is 0.464. The van der Waals surface area contributed by atoms with E-state index in [2.05, 4.69) is 0 Å². The first-order valence-electron chi connectivity index (χ1n) is 12.6. The average Bonchev–Trinajstić information content (AvgIpc) is 2.86. The highest BCUT2D eigenvalue weighted by Crippen LogP contribution is 2.44. The van der Waals surface area contributed by atoms with Crippen molar-refractivity contribution in [2.24, 2.45) is 0 Å². The molecule has 0 radical (unpaired) electrons. The largest absolute Gasteiger partial charge is 0.507 e. The Morgan fingerprint density at radius 2 is 1.36 bits per heavy atom. The van der Waals surface area contributed by atoms with Crippen LogP contribution in [0.4, 0.5) is 0 Å². The molecule has 0 aliphatic rings. The first kappa shape index (κ1) is 27.2. The summed E-state index contributed by atoms with van der Waals surface area (Å²) in [6.45, 7) is 0.265. The van der Waals surface area contributed by atoms with Crippen molar-refractivity contribution in [3.05, 3.63) is 40.1 Å². The Morgan fingerprint density at radius 1 is 0.750 bits per heavy atom. The Labute approximate surface area is 210 Å². The van der Waals surface area contributed by atoms with Crippen LogP contribution in [0, 0.1) is 0 Å². The number of fused-ring (bicyclic) bond motifs is 1. The van der Waals surface area contributed by atoms with Gasteiger partial charge >= 0.3 is 0 Å². The zero-order valence-corrected chi connectivity index (χ0v) is 20.8. The first-order valence-corrected chi connectivity index (χ1v) is 12.6. The van der Waals surface area contributed by atoms with Crippen LogP contribution in [0.2, 0.25) is 0 Å². The van der Waals surface area contributed by atoms with Gasteiger partial charge in [-0.05, 0) is 25.3 Å². The standard InChI is InChI=1S/C28H36O8/c1-35-18-14-21(30)26-22(31)17-24(36-25(26)15-18)20-16-23(32)28(34)27(33)19(20)12-10-8-6-4-2-3-5-7-9-11-13-29/h14-17,29-30,32-34H,2-13H2,1H3. The quantitative estimate of drug-likeness (QED) is 0.140. The Hall–Kier alpha value is -3.39. The number of unbranched alkanes of at least 4 members (excludes halogenated alkanes) is 9. The van der Waals surface area contributed by atoms with Crippen LogP contribution in [0.25, 0.3) is 22.3 Å². The van der Waals surface area contributed by atoms with E-state index in [9.17, 15) is 25.2 Å². The lowest BCUT2D eigenvalue weighted by Crippen LogP contribution is -2.02. The minimum atomic E-state index is -0.614. The molecule has 0 saturated heterocycles. The van der Waals surface area contributed by atoms with E-state index in [1.807, 2.05) is 0 Å². The second kappa shape index (κ2) is 13.1. The van der Waals surface area contributed by atoms with E-state index < -0.39 is 22.7 Å². The Morgan fingerprint density at radius 3 is 1.97 bits per heavy atom. The molecule has 1 aromatic heterocycles. The number of phenolic OH excluding ortho intramolecular Hbond substituents is 4. The second-order valence-electron chi connectivity index (χ2n) is 9.12. The molecule has 1 heterocycles. The number of hydrogen-bond acceptors (Lipinski definition) is 8. The van der Waals surface area contributed by atoms with Crippen molar-refractivity contribution < 1.29 is 34.7 Å². The number of hydrogen-bond donors (Lipinski definition) is 5. The Balaban J connectivity index is 1.73. The van der Waals surface area contributed by atoms with Crippen molar-refractivity contribution in [3.8, 4) is 40.1 Å². The van der Waals surface area contributed by atoms with E-state index in [4.69, 9.17) is 14.3 Å². The van der Waals surface area contributed by atoms with Gasteiger partial charge in [0.05, 0.1) is 7.11 Å². The van der Waals surface area contributed by atoms with Crippen LogP contribution in [0.1, 0.15) is 69.8 Å². The number of benzene rings is 2. The number of ether oxygens (including phenoxy) is 1. The fourth-order valence-corrected chi connectivity index (χ4v) is 4.48. The maximum absolute atomic E-state index is 12.8. The predicted octanol–water partition coefficient (Wildman–Crippen LogP) is 5.73. The van der Waals surface area contributed by atoms with Gasteiger partial charge in [0.2, 0.25) is 5.75 Å². The second-order valence-corrected chi connectivity index (χ2v) is 9.12. The molecule has 8 heteroatoms. The smallest absolute Gasteiger partial charge is 0.200 e. The molecule has 196 valence electrons. The normalized spacial score (nSPS) is 11.3. The highest BCUT2D eigenvalue weighted by molar-refractivity contribution is 5.86. The Bertz CT molecular complexity index is 1210. The molecule has 0 spiro atoms. The van der Waals surface area contributed by atoms with Gasteiger partial charge in [-0.3, -0.25) is 4.79 Å². The van der Waals surface area contributed by atoms with Gasteiger partial charge in [0.15, 0.2) is 16.9 Å². The van der Waals surface area contributed by atoms with Crippen molar-refractivity contribution in [1.29, 1.82) is 0 Å². The minimum absolute atomic E-state index is 0.00159. The molecule has 0 unspecified atom stereocenters. The van der Waals surface area contributed by atoms with Crippen LogP contribution < -0.4 is 10.2 Å². The molecule has 5 N–H and O–H groups in total. The van der Waals surface area contributed by atoms with Crippen LogP contribution in [0.3, 0.4) is 0 Å². The number of aliphatic hydroxyl groups is 1. The Kier molecular flexibility index (Phi) is 9.87. The first-order chi connectivity index (χ1) is 17.4. The van der Waals surface area contributed by atoms with E-state index in [1.54, 1.807) is 0 Å². The van der Waals surface area contributed by atoms with Crippen molar-refractivity contribution >= 4 is 11.0 Å². The van der Waals surface area contributed by atoms with E-state index in [-0.39, 0.29) is 29.1 Å². The maximum Gasteiger partial charge on any atom is 0.200 e. The molecule has 0 fully saturated rings. The van der Waals surface area contributed by atoms with Crippen molar-refractivity contribution in [2.45, 2.75) is 70.6 Å². The molecule has 0 atom stereocenters. The molecular formula is C28H36O8. The van der Waals surface area contributed by atoms with Gasteiger partial charge in [0, 0.05) is 35.9 Å². The van der Waals surface area contributed by atoms with Gasteiger partial charge in [0.1, 0.15) is 28.2 Å². The fourth-order valence-electron chi connectivity index (χ4n) is 4.48. The molecule has 3 rings (SSSR count). The summed E-state index contributed by atoms with van der Waals surface area (Å²) in [7, 11) is 1.43. The molecule has 0 bridgehead atoms. The van der Waals surface area contributed by atoms with Crippen LogP contribution in [0.5, 0.6) is 28.7 Å². The lowest BCUT2D eigenvalue weighted by Gasteiger charge is -2.14. The molecule has 3 aromatic rings. The number of rotatable bonds is 14. The summed E-state index contributed by atoms with van der Waals surface area (Å²) in [4.78, 5) is 12.8. The lowest BCUT2D eigenvalue weighted by molar-refractivity contribution is 0.282. The van der Waals surface area contributed by atoms with Gasteiger partial charge in [-0.2, -0.15) is 0 Å². The van der Waals surface area contributed by atoms with Crippen LogP contribution >= 0.6 is 0 Å².